The molecular formula is C17H41NTc-2. The van der Waals surface area contributed by atoms with E-state index < -0.39 is 0 Å². The Balaban J connectivity index is -0.0000000475. The Hall–Kier alpha value is 0.609. The molecule has 123 valence electrons. The van der Waals surface area contributed by atoms with E-state index >= 15 is 0 Å². The van der Waals surface area contributed by atoms with Crippen LogP contribution in [0.5, 0.6) is 0 Å². The largest absolute Gasteiger partial charge is 0.660 e. The van der Waals surface area contributed by atoms with Crippen molar-refractivity contribution >= 4 is 0 Å². The van der Waals surface area contributed by atoms with E-state index in [0.29, 0.717) is 0 Å². The van der Waals surface area contributed by atoms with Gasteiger partial charge in [-0.2, -0.15) is 6.92 Å². The average Bonchev–Trinajstić information content (AvgIpc) is 2.87. The van der Waals surface area contributed by atoms with Gasteiger partial charge in [0.25, 0.3) is 0 Å². The monoisotopic (exact) mass is 356 g/mol. The zero-order valence-corrected chi connectivity index (χ0v) is 16.9. The van der Waals surface area contributed by atoms with Crippen molar-refractivity contribution in [3.63, 3.8) is 0 Å². The van der Waals surface area contributed by atoms with Gasteiger partial charge in [-0.1, -0.05) is 87.0 Å². The fourth-order valence-electron chi connectivity index (χ4n) is 1.03. The molecule has 1 fully saturated rings. The second-order valence-corrected chi connectivity index (χ2v) is 4.23. The van der Waals surface area contributed by atoms with E-state index in [1.54, 1.807) is 6.92 Å². The second-order valence-electron chi connectivity index (χ2n) is 4.23. The third-order valence-corrected chi connectivity index (χ3v) is 1.55. The molecule has 0 aromatic rings. The first-order valence-corrected chi connectivity index (χ1v) is 8.05. The van der Waals surface area contributed by atoms with Gasteiger partial charge in [0.1, 0.15) is 0 Å². The molecule has 0 aromatic carbocycles. The quantitative estimate of drug-likeness (QED) is 0.448. The van der Waals surface area contributed by atoms with Gasteiger partial charge in [0.05, 0.1) is 0 Å². The van der Waals surface area contributed by atoms with Gasteiger partial charge in [-0.15, -0.1) is 12.6 Å². The van der Waals surface area contributed by atoms with Crippen LogP contribution in [0, 0.1) is 6.92 Å². The smallest absolute Gasteiger partial charge is 0 e. The predicted molar refractivity (Wildman–Crippen MR) is 90.5 cm³/mol. The first-order chi connectivity index (χ1) is 8.67. The van der Waals surface area contributed by atoms with Gasteiger partial charge in [0.15, 0.2) is 0 Å². The fourth-order valence-corrected chi connectivity index (χ4v) is 1.03. The predicted octanol–water partition coefficient (Wildman–Crippen LogP) is 7.02. The molecule has 19 heavy (non-hydrogen) atoms. The van der Waals surface area contributed by atoms with E-state index in [1.165, 1.54) is 38.5 Å². The van der Waals surface area contributed by atoms with Crippen molar-refractivity contribution in [2.45, 2.75) is 100.0 Å². The molecule has 1 saturated heterocycles. The first-order valence-electron chi connectivity index (χ1n) is 8.05. The first kappa shape index (κ1) is 31.8. The van der Waals surface area contributed by atoms with Crippen molar-refractivity contribution in [2.24, 2.45) is 0 Å². The maximum absolute atomic E-state index is 4.35. The average molecular weight is 358 g/mol. The molecule has 2 heteroatoms. The molecule has 0 N–H and O–H groups in total. The van der Waals surface area contributed by atoms with E-state index in [-0.39, 0.29) is 20.1 Å². The van der Waals surface area contributed by atoms with Gasteiger partial charge in [0, 0.05) is 20.1 Å². The fraction of sp³-hybridized carbons (Fsp3) is 0.941. The van der Waals surface area contributed by atoms with Crippen molar-refractivity contribution in [3.05, 3.63) is 12.2 Å². The van der Waals surface area contributed by atoms with Crippen LogP contribution < -0.4 is 0 Å². The Kier molecular flexibility index (Phi) is 71.7. The third kappa shape index (κ3) is 55.6. The summed E-state index contributed by atoms with van der Waals surface area (Å²) in [6, 6.07) is 0.722. The minimum absolute atomic E-state index is 0. The van der Waals surface area contributed by atoms with Crippen molar-refractivity contribution in [1.29, 1.82) is 0 Å². The third-order valence-electron chi connectivity index (χ3n) is 1.55. The second kappa shape index (κ2) is 42.8. The molecule has 1 rings (SSSR count). The summed E-state index contributed by atoms with van der Waals surface area (Å²) in [5, 5.41) is 4.35. The van der Waals surface area contributed by atoms with Gasteiger partial charge in [0.2, 0.25) is 0 Å². The molecule has 0 aromatic heterocycles. The van der Waals surface area contributed by atoms with Gasteiger partial charge in [-0.05, 0) is 0 Å². The number of nitrogens with zero attached hydrogens (tertiary/aromatic N) is 1. The maximum atomic E-state index is 4.35. The summed E-state index contributed by atoms with van der Waals surface area (Å²) < 4.78 is 0. The van der Waals surface area contributed by atoms with E-state index in [0.717, 1.165) is 12.6 Å². The summed E-state index contributed by atoms with van der Waals surface area (Å²) in [4.78, 5) is 0. The molecular weight excluding hydrogens is 316 g/mol. The van der Waals surface area contributed by atoms with Crippen LogP contribution in [0.1, 0.15) is 93.9 Å². The summed E-state index contributed by atoms with van der Waals surface area (Å²) in [6.07, 6.45) is 7.68. The molecule has 1 atom stereocenters. The van der Waals surface area contributed by atoms with Gasteiger partial charge in [-0.3, -0.25) is 0 Å². The maximum Gasteiger partial charge on any atom is 0 e. The van der Waals surface area contributed by atoms with Gasteiger partial charge in [-0.25, -0.2) is 0 Å². The van der Waals surface area contributed by atoms with Crippen LogP contribution in [0.25, 0.3) is 5.32 Å². The molecule has 1 aliphatic heterocycles. The van der Waals surface area contributed by atoms with Crippen LogP contribution in [0.4, 0.5) is 0 Å². The molecule has 0 spiro atoms. The van der Waals surface area contributed by atoms with Crippen molar-refractivity contribution in [2.75, 3.05) is 6.54 Å². The minimum atomic E-state index is 0. The van der Waals surface area contributed by atoms with Gasteiger partial charge >= 0.3 is 0 Å². The molecule has 1 unspecified atom stereocenters. The SMILES string of the molecule is CCC.CCC.CCC.CCC1CCC[N-]1.[CH2-]C.[Tc]. The Bertz CT molecular complexity index is 76.6. The Morgan fingerprint density at radius 2 is 1.16 bits per heavy atom. The number of hydrogen-bond acceptors (Lipinski definition) is 0. The normalized spacial score (nSPS) is 14.7. The van der Waals surface area contributed by atoms with Crippen LogP contribution >= 0.6 is 0 Å². The molecule has 0 amide bonds. The van der Waals surface area contributed by atoms with E-state index in [4.69, 9.17) is 0 Å². The van der Waals surface area contributed by atoms with Crippen molar-refractivity contribution in [1.82, 2.24) is 0 Å². The van der Waals surface area contributed by atoms with Crippen molar-refractivity contribution in [3.8, 4) is 0 Å². The van der Waals surface area contributed by atoms with E-state index in [9.17, 15) is 0 Å². The topological polar surface area (TPSA) is 14.1 Å². The van der Waals surface area contributed by atoms with Crippen LogP contribution in [-0.2, 0) is 20.1 Å². The standard InChI is InChI=1S/C6H12N.3C3H8.C2H5.Tc/c1-2-6-4-3-5-7-6;3*1-3-2;1-2;/h6H,2-5H2,1H3;3*3H2,1-2H3;1H2,2H3;/q-1;;;;-1;. The van der Waals surface area contributed by atoms with Crippen LogP contribution in [-0.4, -0.2) is 12.6 Å². The molecule has 1 aliphatic rings. The van der Waals surface area contributed by atoms with Crippen LogP contribution in [0.15, 0.2) is 0 Å². The van der Waals surface area contributed by atoms with Crippen molar-refractivity contribution < 1.29 is 20.1 Å². The minimum Gasteiger partial charge on any atom is -0.660 e. The molecule has 0 bridgehead atoms. The Morgan fingerprint density at radius 3 is 1.26 bits per heavy atom. The summed E-state index contributed by atoms with van der Waals surface area (Å²) in [7, 11) is 0. The zero-order chi connectivity index (χ0) is 15.2. The van der Waals surface area contributed by atoms with Crippen LogP contribution in [0.3, 0.4) is 0 Å². The summed E-state index contributed by atoms with van der Waals surface area (Å²) in [6.45, 7) is 21.1. The molecule has 1 nitrogen and oxygen atoms in total. The van der Waals surface area contributed by atoms with Crippen LogP contribution in [0.2, 0.25) is 0 Å². The van der Waals surface area contributed by atoms with E-state index in [2.05, 4.69) is 60.7 Å². The Labute approximate surface area is 139 Å². The van der Waals surface area contributed by atoms with Gasteiger partial charge < -0.3 is 12.2 Å². The Morgan fingerprint density at radius 1 is 0.842 bits per heavy atom. The number of rotatable bonds is 1. The molecule has 0 saturated carbocycles. The molecule has 1 heterocycles. The summed E-state index contributed by atoms with van der Waals surface area (Å²) in [5.74, 6) is 0. The molecule has 1 radical (unpaired) electrons. The summed E-state index contributed by atoms with van der Waals surface area (Å²) >= 11 is 0. The summed E-state index contributed by atoms with van der Waals surface area (Å²) in [5.41, 5.74) is 0. The zero-order valence-electron chi connectivity index (χ0n) is 15.1. The number of hydrogen-bond donors (Lipinski definition) is 0. The van der Waals surface area contributed by atoms with E-state index in [1.807, 2.05) is 0 Å². The molecule has 0 aliphatic carbocycles.